The van der Waals surface area contributed by atoms with Gasteiger partial charge in [0.2, 0.25) is 15.9 Å². The van der Waals surface area contributed by atoms with Crippen LogP contribution in [0.1, 0.15) is 34.7 Å². The van der Waals surface area contributed by atoms with Crippen molar-refractivity contribution < 1.29 is 22.9 Å². The molecule has 0 fully saturated rings. The molecule has 0 aliphatic rings. The Hall–Kier alpha value is -5.39. The predicted molar refractivity (Wildman–Crippen MR) is 172 cm³/mol. The van der Waals surface area contributed by atoms with Gasteiger partial charge in [-0.3, -0.25) is 14.9 Å². The van der Waals surface area contributed by atoms with Crippen LogP contribution < -0.4 is 14.9 Å². The van der Waals surface area contributed by atoms with Crippen molar-refractivity contribution in [2.75, 3.05) is 0 Å². The molecule has 0 radical (unpaired) electrons. The molecule has 5 rings (SSSR count). The third kappa shape index (κ3) is 7.96. The highest BCUT2D eigenvalue weighted by Crippen LogP contribution is 2.28. The van der Waals surface area contributed by atoms with Gasteiger partial charge < -0.3 is 4.74 Å². The molecule has 45 heavy (non-hydrogen) atoms. The van der Waals surface area contributed by atoms with E-state index in [1.807, 2.05) is 43.3 Å². The molecule has 0 unspecified atom stereocenters. The Bertz CT molecular complexity index is 1950. The van der Waals surface area contributed by atoms with Gasteiger partial charge in [-0.1, -0.05) is 78.4 Å². The fraction of sp³-hybridized carbons (Fsp3) is 0.118. The Morgan fingerprint density at radius 2 is 1.60 bits per heavy atom. The third-order valence-corrected chi connectivity index (χ3v) is 8.56. The fourth-order valence-corrected chi connectivity index (χ4v) is 5.92. The van der Waals surface area contributed by atoms with Gasteiger partial charge in [-0.2, -0.15) is 5.10 Å². The lowest BCUT2D eigenvalue weighted by Gasteiger charge is -2.18. The van der Waals surface area contributed by atoms with Crippen LogP contribution in [-0.2, 0) is 21.4 Å². The summed E-state index contributed by atoms with van der Waals surface area (Å²) in [5, 5.41) is 16.9. The van der Waals surface area contributed by atoms with Crippen LogP contribution in [0.4, 0.5) is 5.69 Å². The molecule has 0 aliphatic carbocycles. The number of aryl methyl sites for hydroxylation is 1. The number of hydrogen-bond acceptors (Lipinski definition) is 7. The molecule has 0 saturated carbocycles. The van der Waals surface area contributed by atoms with E-state index in [0.717, 1.165) is 21.9 Å². The highest BCUT2D eigenvalue weighted by atomic mass is 32.2. The molecular weight excluding hydrogens is 592 g/mol. The number of sulfonamides is 1. The summed E-state index contributed by atoms with van der Waals surface area (Å²) in [6.07, 6.45) is 1.28. The van der Waals surface area contributed by atoms with E-state index in [0.29, 0.717) is 16.9 Å². The summed E-state index contributed by atoms with van der Waals surface area (Å²) < 4.78 is 35.1. The zero-order valence-corrected chi connectivity index (χ0v) is 25.1. The molecule has 0 bridgehead atoms. The molecule has 1 atom stereocenters. The number of carbonyl (C=O) groups is 1. The highest BCUT2D eigenvalue weighted by molar-refractivity contribution is 7.89. The molecule has 5 aromatic rings. The van der Waals surface area contributed by atoms with Crippen LogP contribution >= 0.6 is 0 Å². The van der Waals surface area contributed by atoms with Gasteiger partial charge in [0.25, 0.3) is 5.69 Å². The maximum absolute atomic E-state index is 13.2. The van der Waals surface area contributed by atoms with Crippen molar-refractivity contribution in [3.8, 4) is 5.75 Å². The second-order valence-corrected chi connectivity index (χ2v) is 12.0. The number of nitro groups is 1. The van der Waals surface area contributed by atoms with Gasteiger partial charge in [0, 0.05) is 24.1 Å². The van der Waals surface area contributed by atoms with E-state index in [9.17, 15) is 23.3 Å². The Kier molecular flexibility index (Phi) is 9.61. The van der Waals surface area contributed by atoms with Gasteiger partial charge in [0.1, 0.15) is 12.4 Å². The SMILES string of the molecule is Cc1ccc(S(=O)(=O)N[C@@H](CC(=O)N/N=C\c2c(OCc3ccc([N+](=O)[O-])cc3)ccc3ccccc23)c2ccccc2)cc1. The van der Waals surface area contributed by atoms with Gasteiger partial charge in [0.15, 0.2) is 0 Å². The number of carbonyl (C=O) groups excluding carboxylic acids is 1. The van der Waals surface area contributed by atoms with Gasteiger partial charge in [-0.25, -0.2) is 18.6 Å². The van der Waals surface area contributed by atoms with E-state index in [2.05, 4.69) is 15.2 Å². The van der Waals surface area contributed by atoms with E-state index in [4.69, 9.17) is 4.74 Å². The van der Waals surface area contributed by atoms with Crippen molar-refractivity contribution in [1.29, 1.82) is 0 Å². The smallest absolute Gasteiger partial charge is 0.269 e. The predicted octanol–water partition coefficient (Wildman–Crippen LogP) is 6.20. The normalized spacial score (nSPS) is 12.2. The van der Waals surface area contributed by atoms with E-state index < -0.39 is 26.9 Å². The van der Waals surface area contributed by atoms with E-state index >= 15 is 0 Å². The first-order chi connectivity index (χ1) is 21.7. The average Bonchev–Trinajstić information content (AvgIpc) is 3.04. The summed E-state index contributed by atoms with van der Waals surface area (Å²) in [5.41, 5.74) is 5.43. The van der Waals surface area contributed by atoms with Gasteiger partial charge in [-0.15, -0.1) is 0 Å². The molecule has 1 amide bonds. The first-order valence-corrected chi connectivity index (χ1v) is 15.5. The number of non-ortho nitro benzene ring substituents is 1. The van der Waals surface area contributed by atoms with Gasteiger partial charge in [0.05, 0.1) is 22.1 Å². The molecule has 0 spiro atoms. The van der Waals surface area contributed by atoms with E-state index in [1.165, 1.54) is 30.5 Å². The number of nitro benzene ring substituents is 1. The first kappa shape index (κ1) is 31.0. The monoisotopic (exact) mass is 622 g/mol. The van der Waals surface area contributed by atoms with Crippen LogP contribution in [0.2, 0.25) is 0 Å². The van der Waals surface area contributed by atoms with Crippen LogP contribution in [0.3, 0.4) is 0 Å². The van der Waals surface area contributed by atoms with Crippen molar-refractivity contribution in [2.24, 2.45) is 5.10 Å². The summed E-state index contributed by atoms with van der Waals surface area (Å²) in [7, 11) is -3.92. The van der Waals surface area contributed by atoms with Crippen LogP contribution in [0.5, 0.6) is 5.75 Å². The van der Waals surface area contributed by atoms with E-state index in [1.54, 1.807) is 54.6 Å². The van der Waals surface area contributed by atoms with Crippen molar-refractivity contribution in [3.05, 3.63) is 148 Å². The summed E-state index contributed by atoms with van der Waals surface area (Å²) in [6, 6.07) is 31.9. The van der Waals surface area contributed by atoms with Crippen molar-refractivity contribution in [2.45, 2.75) is 30.9 Å². The molecular formula is C34H30N4O6S. The molecule has 10 nitrogen and oxygen atoms in total. The second-order valence-electron chi connectivity index (χ2n) is 10.3. The van der Waals surface area contributed by atoms with Gasteiger partial charge in [-0.05, 0) is 59.2 Å². The van der Waals surface area contributed by atoms with E-state index in [-0.39, 0.29) is 23.6 Å². The number of benzene rings is 5. The minimum absolute atomic E-state index is 0.00882. The Morgan fingerprint density at radius 3 is 2.31 bits per heavy atom. The minimum Gasteiger partial charge on any atom is -0.488 e. The Balaban J connectivity index is 1.33. The van der Waals surface area contributed by atoms with Crippen molar-refractivity contribution >= 4 is 38.6 Å². The average molecular weight is 623 g/mol. The number of hydrogen-bond donors (Lipinski definition) is 2. The highest BCUT2D eigenvalue weighted by Gasteiger charge is 2.24. The number of nitrogens with one attached hydrogen (secondary N) is 2. The van der Waals surface area contributed by atoms with Crippen LogP contribution in [-0.4, -0.2) is 25.5 Å². The molecule has 0 aromatic heterocycles. The second kappa shape index (κ2) is 13.9. The van der Waals surface area contributed by atoms with Crippen LogP contribution in [0, 0.1) is 17.0 Å². The van der Waals surface area contributed by atoms with Crippen LogP contribution in [0.15, 0.2) is 125 Å². The number of nitrogens with zero attached hydrogens (tertiary/aromatic N) is 2. The number of ether oxygens (including phenoxy) is 1. The Labute approximate surface area is 260 Å². The first-order valence-electron chi connectivity index (χ1n) is 14.0. The summed E-state index contributed by atoms with van der Waals surface area (Å²) in [5.74, 6) is -0.00151. The third-order valence-electron chi connectivity index (χ3n) is 7.08. The summed E-state index contributed by atoms with van der Waals surface area (Å²) >= 11 is 0. The van der Waals surface area contributed by atoms with Crippen molar-refractivity contribution in [3.63, 3.8) is 0 Å². The molecule has 0 heterocycles. The zero-order chi connectivity index (χ0) is 31.8. The van der Waals surface area contributed by atoms with Crippen molar-refractivity contribution in [1.82, 2.24) is 10.1 Å². The van der Waals surface area contributed by atoms with Gasteiger partial charge >= 0.3 is 0 Å². The molecule has 228 valence electrons. The lowest BCUT2D eigenvalue weighted by Crippen LogP contribution is -2.32. The largest absolute Gasteiger partial charge is 0.488 e. The quantitative estimate of drug-likeness (QED) is 0.0965. The lowest BCUT2D eigenvalue weighted by molar-refractivity contribution is -0.384. The standard InChI is InChI=1S/C34H30N4O6S/c1-24-11-18-29(19-12-24)45(42,43)37-32(27-8-3-2-4-9-27)21-34(39)36-35-22-31-30-10-6-5-7-26(30)15-20-33(31)44-23-25-13-16-28(17-14-25)38(40)41/h2-20,22,32,37H,21,23H2,1H3,(H,36,39)/b35-22-/t32-/m0/s1. The number of fused-ring (bicyclic) bond motifs is 1. The number of amides is 1. The maximum Gasteiger partial charge on any atom is 0.269 e. The number of rotatable bonds is 12. The lowest BCUT2D eigenvalue weighted by atomic mass is 10.0. The molecule has 0 aliphatic heterocycles. The summed E-state index contributed by atoms with van der Waals surface area (Å²) in [6.45, 7) is 2.02. The Morgan fingerprint density at radius 1 is 0.911 bits per heavy atom. The topological polar surface area (TPSA) is 140 Å². The maximum atomic E-state index is 13.2. The number of hydrazone groups is 1. The molecule has 5 aromatic carbocycles. The zero-order valence-electron chi connectivity index (χ0n) is 24.3. The molecule has 11 heteroatoms. The fourth-order valence-electron chi connectivity index (χ4n) is 4.70. The molecule has 0 saturated heterocycles. The minimum atomic E-state index is -3.92. The molecule has 2 N–H and O–H groups in total. The van der Waals surface area contributed by atoms with Crippen LogP contribution in [0.25, 0.3) is 10.8 Å². The summed E-state index contributed by atoms with van der Waals surface area (Å²) in [4.78, 5) is 23.7.